The van der Waals surface area contributed by atoms with Crippen molar-refractivity contribution in [2.45, 2.75) is 20.1 Å². The molecule has 0 saturated carbocycles. The van der Waals surface area contributed by atoms with Crippen LogP contribution in [0, 0.1) is 0 Å². The van der Waals surface area contributed by atoms with E-state index in [-0.39, 0.29) is 24.5 Å². The fraction of sp³-hybridized carbons (Fsp3) is 0.121. The van der Waals surface area contributed by atoms with Crippen molar-refractivity contribution in [1.29, 1.82) is 0 Å². The number of carbonyl (C=O) groups is 3. The molecule has 1 aliphatic heterocycles. The molecule has 0 bridgehead atoms. The van der Waals surface area contributed by atoms with E-state index in [0.717, 1.165) is 10.5 Å². The molecule has 0 unspecified atom stereocenters. The molecular weight excluding hydrogens is 742 g/mol. The highest BCUT2D eigenvalue weighted by molar-refractivity contribution is 9.10. The highest BCUT2D eigenvalue weighted by Crippen LogP contribution is 2.39. The summed E-state index contributed by atoms with van der Waals surface area (Å²) in [5.74, 6) is -0.409. The summed E-state index contributed by atoms with van der Waals surface area (Å²) in [5.41, 5.74) is 1.88. The summed E-state index contributed by atoms with van der Waals surface area (Å²) in [6, 6.07) is 18.9. The second-order valence-corrected chi connectivity index (χ2v) is 12.3. The van der Waals surface area contributed by atoms with Gasteiger partial charge in [-0.05, 0) is 95.2 Å². The average molecular weight is 765 g/mol. The summed E-state index contributed by atoms with van der Waals surface area (Å²) >= 11 is 28.0. The van der Waals surface area contributed by atoms with Crippen LogP contribution in [0.15, 0.2) is 82.8 Å². The molecule has 1 heterocycles. The Morgan fingerprint density at radius 2 is 1.39 bits per heavy atom. The van der Waals surface area contributed by atoms with Crippen LogP contribution in [0.3, 0.4) is 0 Å². The molecular formula is C33H23BrCl4N2O6. The number of anilines is 1. The molecule has 0 atom stereocenters. The van der Waals surface area contributed by atoms with Gasteiger partial charge in [-0.2, -0.15) is 0 Å². The number of barbiturate groups is 1. The topological polar surface area (TPSA) is 94.2 Å². The molecule has 1 saturated heterocycles. The molecule has 8 nitrogen and oxygen atoms in total. The molecule has 5 rings (SSSR count). The molecule has 4 aromatic rings. The van der Waals surface area contributed by atoms with Gasteiger partial charge in [-0.3, -0.25) is 14.9 Å². The standard InChI is InChI=1S/C33H23BrCl4N2O6/c1-2-44-29-13-18(12-26(34)30(29)46-17-20-4-6-22(36)15-28(20)38)11-25-31(41)39-33(43)40(32(25)42)23-7-9-24(10-8-23)45-16-19-3-5-21(35)14-27(19)37/h3-15H,2,16-17H2,1H3,(H,39,41,43)/b25-11+. The van der Waals surface area contributed by atoms with Crippen molar-refractivity contribution < 1.29 is 28.6 Å². The number of imide groups is 2. The summed E-state index contributed by atoms with van der Waals surface area (Å²) < 4.78 is 18.1. The monoisotopic (exact) mass is 762 g/mol. The zero-order valence-corrected chi connectivity index (χ0v) is 28.5. The zero-order chi connectivity index (χ0) is 33.0. The van der Waals surface area contributed by atoms with Crippen molar-refractivity contribution in [1.82, 2.24) is 5.32 Å². The predicted octanol–water partition coefficient (Wildman–Crippen LogP) is 9.29. The van der Waals surface area contributed by atoms with E-state index in [4.69, 9.17) is 60.6 Å². The Balaban J connectivity index is 1.35. The minimum Gasteiger partial charge on any atom is -0.490 e. The first-order chi connectivity index (χ1) is 22.0. The fourth-order valence-electron chi connectivity index (χ4n) is 4.41. The largest absolute Gasteiger partial charge is 0.490 e. The van der Waals surface area contributed by atoms with Gasteiger partial charge >= 0.3 is 6.03 Å². The van der Waals surface area contributed by atoms with Crippen LogP contribution in [0.4, 0.5) is 10.5 Å². The molecule has 1 N–H and O–H groups in total. The average Bonchev–Trinajstić information content (AvgIpc) is 3.00. The molecule has 0 spiro atoms. The van der Waals surface area contributed by atoms with Crippen LogP contribution in [0.1, 0.15) is 23.6 Å². The first-order valence-electron chi connectivity index (χ1n) is 13.7. The zero-order valence-electron chi connectivity index (χ0n) is 23.9. The number of carbonyl (C=O) groups excluding carboxylic acids is 3. The first-order valence-corrected chi connectivity index (χ1v) is 16.0. The lowest BCUT2D eigenvalue weighted by Gasteiger charge is -2.26. The second kappa shape index (κ2) is 14.8. The molecule has 1 fully saturated rings. The van der Waals surface area contributed by atoms with Gasteiger partial charge in [-0.15, -0.1) is 0 Å². The van der Waals surface area contributed by atoms with E-state index in [0.29, 0.717) is 59.5 Å². The van der Waals surface area contributed by atoms with Crippen molar-refractivity contribution in [3.8, 4) is 17.2 Å². The molecule has 13 heteroatoms. The molecule has 46 heavy (non-hydrogen) atoms. The van der Waals surface area contributed by atoms with Crippen LogP contribution in [0.5, 0.6) is 17.2 Å². The molecule has 0 aliphatic carbocycles. The minimum atomic E-state index is -0.880. The van der Waals surface area contributed by atoms with Crippen LogP contribution in [-0.2, 0) is 22.8 Å². The van der Waals surface area contributed by atoms with Gasteiger partial charge < -0.3 is 14.2 Å². The van der Waals surface area contributed by atoms with Crippen molar-refractivity contribution in [3.63, 3.8) is 0 Å². The summed E-state index contributed by atoms with van der Waals surface area (Å²) in [6.45, 7) is 2.44. The maximum atomic E-state index is 13.5. The number of nitrogens with zero attached hydrogens (tertiary/aromatic N) is 1. The first kappa shape index (κ1) is 33.6. The van der Waals surface area contributed by atoms with Crippen LogP contribution in [-0.4, -0.2) is 24.5 Å². The van der Waals surface area contributed by atoms with Gasteiger partial charge in [0.2, 0.25) is 0 Å². The number of halogens is 5. The van der Waals surface area contributed by atoms with Gasteiger partial charge in [-0.25, -0.2) is 9.69 Å². The third kappa shape index (κ3) is 7.79. The Morgan fingerprint density at radius 1 is 0.783 bits per heavy atom. The molecule has 236 valence electrons. The lowest BCUT2D eigenvalue weighted by molar-refractivity contribution is -0.122. The quantitative estimate of drug-likeness (QED) is 0.128. The van der Waals surface area contributed by atoms with E-state index in [2.05, 4.69) is 21.2 Å². The molecule has 0 aromatic heterocycles. The number of amides is 4. The Morgan fingerprint density at radius 3 is 1.98 bits per heavy atom. The van der Waals surface area contributed by atoms with E-state index in [1.165, 1.54) is 18.2 Å². The number of ether oxygens (including phenoxy) is 3. The van der Waals surface area contributed by atoms with Crippen LogP contribution in [0.2, 0.25) is 20.1 Å². The second-order valence-electron chi connectivity index (χ2n) is 9.76. The van der Waals surface area contributed by atoms with E-state index in [1.54, 1.807) is 60.7 Å². The number of hydrogen-bond donors (Lipinski definition) is 1. The summed E-state index contributed by atoms with van der Waals surface area (Å²) in [6.07, 6.45) is 1.37. The summed E-state index contributed by atoms with van der Waals surface area (Å²) in [4.78, 5) is 40.0. The maximum absolute atomic E-state index is 13.5. The van der Waals surface area contributed by atoms with Crippen LogP contribution >= 0.6 is 62.3 Å². The molecule has 0 radical (unpaired) electrons. The Bertz CT molecular complexity index is 1870. The summed E-state index contributed by atoms with van der Waals surface area (Å²) in [7, 11) is 0. The van der Waals surface area contributed by atoms with Crippen molar-refractivity contribution in [3.05, 3.63) is 120 Å². The number of hydrogen-bond acceptors (Lipinski definition) is 6. The van der Waals surface area contributed by atoms with Gasteiger partial charge in [0.15, 0.2) is 11.5 Å². The van der Waals surface area contributed by atoms with Crippen molar-refractivity contribution in [2.24, 2.45) is 0 Å². The third-order valence-corrected chi connectivity index (χ3v) is 8.40. The number of rotatable bonds is 10. The van der Waals surface area contributed by atoms with Gasteiger partial charge in [0.05, 0.1) is 16.8 Å². The Labute approximate surface area is 292 Å². The van der Waals surface area contributed by atoms with Crippen molar-refractivity contribution in [2.75, 3.05) is 11.5 Å². The highest BCUT2D eigenvalue weighted by Gasteiger charge is 2.37. The lowest BCUT2D eigenvalue weighted by atomic mass is 10.1. The third-order valence-electron chi connectivity index (χ3n) is 6.64. The highest BCUT2D eigenvalue weighted by atomic mass is 79.9. The summed E-state index contributed by atoms with van der Waals surface area (Å²) in [5, 5.41) is 4.16. The van der Waals surface area contributed by atoms with Crippen LogP contribution in [0.25, 0.3) is 6.08 Å². The van der Waals surface area contributed by atoms with Gasteiger partial charge in [0, 0.05) is 31.2 Å². The number of urea groups is 1. The van der Waals surface area contributed by atoms with Gasteiger partial charge in [0.25, 0.3) is 11.8 Å². The van der Waals surface area contributed by atoms with Crippen molar-refractivity contribution >= 4 is 91.9 Å². The lowest BCUT2D eigenvalue weighted by Crippen LogP contribution is -2.54. The Kier molecular flexibility index (Phi) is 10.8. The maximum Gasteiger partial charge on any atom is 0.335 e. The van der Waals surface area contributed by atoms with E-state index in [9.17, 15) is 14.4 Å². The van der Waals surface area contributed by atoms with Crippen LogP contribution < -0.4 is 24.4 Å². The number of nitrogens with one attached hydrogen (secondary N) is 1. The minimum absolute atomic E-state index is 0.131. The predicted molar refractivity (Wildman–Crippen MR) is 182 cm³/mol. The molecule has 4 amide bonds. The van der Waals surface area contributed by atoms with Gasteiger partial charge in [-0.1, -0.05) is 58.5 Å². The SMILES string of the molecule is CCOc1cc(/C=C2\C(=O)NC(=O)N(c3ccc(OCc4ccc(Cl)cc4Cl)cc3)C2=O)cc(Br)c1OCc1ccc(Cl)cc1Cl. The number of benzene rings is 4. The molecule has 4 aromatic carbocycles. The smallest absolute Gasteiger partial charge is 0.335 e. The van der Waals surface area contributed by atoms with E-state index >= 15 is 0 Å². The van der Waals surface area contributed by atoms with Gasteiger partial charge in [0.1, 0.15) is 24.5 Å². The normalized spacial score (nSPS) is 14.0. The Hall–Kier alpha value is -3.73. The van der Waals surface area contributed by atoms with E-state index < -0.39 is 17.8 Å². The fourth-order valence-corrected chi connectivity index (χ4v) is 5.91. The van der Waals surface area contributed by atoms with E-state index in [1.807, 2.05) is 6.92 Å². The molecule has 1 aliphatic rings.